The Kier molecular flexibility index (Phi) is 3.35. The average Bonchev–Trinajstić information content (AvgIpc) is 2.50. The minimum Gasteiger partial charge on any atom is -0.443 e. The van der Waals surface area contributed by atoms with Gasteiger partial charge in [0, 0.05) is 0 Å². The lowest BCUT2D eigenvalue weighted by atomic mass is 10.8. The predicted molar refractivity (Wildman–Crippen MR) is 47.1 cm³/mol. The highest BCUT2D eigenvalue weighted by Gasteiger charge is 2.22. The number of hydrogen-bond donors (Lipinski definition) is 0. The third kappa shape index (κ3) is 3.80. The molecule has 0 aromatic carbocycles. The number of ether oxygens (including phenoxy) is 1. The maximum Gasteiger partial charge on any atom is 0.436 e. The SMILES string of the molecule is O=C(OCC(Cl)(Cl)Cl)n1cncn1. The monoisotopic (exact) mass is 243 g/mol. The van der Waals surface area contributed by atoms with Gasteiger partial charge >= 0.3 is 6.09 Å². The van der Waals surface area contributed by atoms with Crippen molar-refractivity contribution in [1.82, 2.24) is 14.8 Å². The van der Waals surface area contributed by atoms with E-state index < -0.39 is 9.89 Å². The van der Waals surface area contributed by atoms with Gasteiger partial charge in [0.15, 0.2) is 0 Å². The fourth-order valence-electron chi connectivity index (χ4n) is 0.512. The predicted octanol–water partition coefficient (Wildman–Crippen LogP) is 1.63. The second kappa shape index (κ2) is 4.13. The zero-order chi connectivity index (χ0) is 9.90. The Morgan fingerprint density at radius 3 is 2.69 bits per heavy atom. The highest BCUT2D eigenvalue weighted by molar-refractivity contribution is 6.67. The van der Waals surface area contributed by atoms with Crippen LogP contribution in [0.5, 0.6) is 0 Å². The molecular weight excluding hydrogens is 240 g/mol. The minimum atomic E-state index is -1.61. The summed E-state index contributed by atoms with van der Waals surface area (Å²) in [6.45, 7) is -0.337. The Morgan fingerprint density at radius 1 is 1.54 bits per heavy atom. The van der Waals surface area contributed by atoms with Crippen LogP contribution in [0.4, 0.5) is 4.79 Å². The molecule has 0 aliphatic heterocycles. The van der Waals surface area contributed by atoms with Crippen LogP contribution < -0.4 is 0 Å². The van der Waals surface area contributed by atoms with E-state index >= 15 is 0 Å². The Hall–Kier alpha value is -0.520. The molecule has 0 N–H and O–H groups in total. The van der Waals surface area contributed by atoms with E-state index in [1.165, 1.54) is 12.7 Å². The first-order valence-corrected chi connectivity index (χ1v) is 4.21. The molecule has 0 radical (unpaired) electrons. The van der Waals surface area contributed by atoms with Gasteiger partial charge in [-0.15, -0.1) is 5.10 Å². The van der Waals surface area contributed by atoms with Crippen molar-refractivity contribution in [3.05, 3.63) is 12.7 Å². The molecule has 0 aliphatic carbocycles. The van der Waals surface area contributed by atoms with Crippen molar-refractivity contribution in [2.75, 3.05) is 6.61 Å². The van der Waals surface area contributed by atoms with Gasteiger partial charge in [-0.2, -0.15) is 4.68 Å². The van der Waals surface area contributed by atoms with Crippen LogP contribution in [0.25, 0.3) is 0 Å². The summed E-state index contributed by atoms with van der Waals surface area (Å²) in [5, 5.41) is 3.52. The summed E-state index contributed by atoms with van der Waals surface area (Å²) < 4.78 is 3.85. The van der Waals surface area contributed by atoms with Crippen molar-refractivity contribution < 1.29 is 9.53 Å². The Labute approximate surface area is 88.5 Å². The molecule has 0 saturated carbocycles. The molecule has 0 bridgehead atoms. The molecule has 8 heteroatoms. The summed E-state index contributed by atoms with van der Waals surface area (Å²) in [4.78, 5) is 14.6. The van der Waals surface area contributed by atoms with Crippen LogP contribution in [0, 0.1) is 0 Å². The smallest absolute Gasteiger partial charge is 0.436 e. The lowest BCUT2D eigenvalue weighted by molar-refractivity contribution is 0.146. The van der Waals surface area contributed by atoms with E-state index in [0.717, 1.165) is 4.68 Å². The molecule has 0 aliphatic rings. The van der Waals surface area contributed by atoms with E-state index in [9.17, 15) is 4.79 Å². The van der Waals surface area contributed by atoms with Gasteiger partial charge in [0.2, 0.25) is 3.79 Å². The number of nitrogens with zero attached hydrogens (tertiary/aromatic N) is 3. The van der Waals surface area contributed by atoms with Gasteiger partial charge in [-0.25, -0.2) is 9.78 Å². The lowest BCUT2D eigenvalue weighted by Crippen LogP contribution is -2.21. The molecule has 0 spiro atoms. The van der Waals surface area contributed by atoms with Crippen LogP contribution >= 0.6 is 34.8 Å². The van der Waals surface area contributed by atoms with E-state index in [2.05, 4.69) is 14.8 Å². The molecule has 0 saturated heterocycles. The van der Waals surface area contributed by atoms with Gasteiger partial charge in [-0.05, 0) is 0 Å². The molecular formula is C5H4Cl3N3O2. The molecule has 13 heavy (non-hydrogen) atoms. The summed E-state index contributed by atoms with van der Waals surface area (Å²) in [5.41, 5.74) is 0. The van der Waals surface area contributed by atoms with Crippen molar-refractivity contribution >= 4 is 40.9 Å². The largest absolute Gasteiger partial charge is 0.443 e. The fraction of sp³-hybridized carbons (Fsp3) is 0.400. The normalized spacial score (nSPS) is 11.3. The zero-order valence-electron chi connectivity index (χ0n) is 6.15. The molecule has 72 valence electrons. The number of halogens is 3. The zero-order valence-corrected chi connectivity index (χ0v) is 8.42. The second-order valence-electron chi connectivity index (χ2n) is 2.01. The summed E-state index contributed by atoms with van der Waals surface area (Å²) in [6.07, 6.45) is 1.63. The highest BCUT2D eigenvalue weighted by atomic mass is 35.6. The number of alkyl halides is 3. The molecule has 0 amide bonds. The van der Waals surface area contributed by atoms with Crippen LogP contribution in [0.3, 0.4) is 0 Å². The van der Waals surface area contributed by atoms with Gasteiger partial charge in [0.1, 0.15) is 19.3 Å². The first-order chi connectivity index (χ1) is 5.99. The molecule has 0 fully saturated rings. The fourth-order valence-corrected chi connectivity index (χ4v) is 0.676. The molecule has 0 atom stereocenters. The van der Waals surface area contributed by atoms with Crippen molar-refractivity contribution in [1.29, 1.82) is 0 Å². The Bertz CT molecular complexity index is 282. The van der Waals surface area contributed by atoms with E-state index in [4.69, 9.17) is 34.8 Å². The van der Waals surface area contributed by atoms with Crippen LogP contribution in [-0.4, -0.2) is 31.3 Å². The molecule has 1 heterocycles. The Morgan fingerprint density at radius 2 is 2.23 bits per heavy atom. The van der Waals surface area contributed by atoms with Gasteiger partial charge in [0.25, 0.3) is 0 Å². The maximum absolute atomic E-state index is 11.0. The number of aromatic nitrogens is 3. The summed E-state index contributed by atoms with van der Waals surface area (Å²) >= 11 is 16.0. The molecule has 1 aromatic rings. The van der Waals surface area contributed by atoms with Crippen molar-refractivity contribution in [3.63, 3.8) is 0 Å². The van der Waals surface area contributed by atoms with Crippen LogP contribution in [-0.2, 0) is 4.74 Å². The third-order valence-corrected chi connectivity index (χ3v) is 1.29. The summed E-state index contributed by atoms with van der Waals surface area (Å²) in [5.74, 6) is 0. The minimum absolute atomic E-state index is 0.337. The third-order valence-electron chi connectivity index (χ3n) is 0.965. The van der Waals surface area contributed by atoms with E-state index in [0.29, 0.717) is 0 Å². The maximum atomic E-state index is 11.0. The number of hydrogen-bond acceptors (Lipinski definition) is 4. The Balaban J connectivity index is 2.44. The van der Waals surface area contributed by atoms with Crippen molar-refractivity contribution in [2.45, 2.75) is 3.79 Å². The molecule has 0 unspecified atom stereocenters. The summed E-state index contributed by atoms with van der Waals surface area (Å²) in [7, 11) is 0. The molecule has 1 rings (SSSR count). The van der Waals surface area contributed by atoms with E-state index in [1.54, 1.807) is 0 Å². The van der Waals surface area contributed by atoms with Crippen LogP contribution in [0.15, 0.2) is 12.7 Å². The topological polar surface area (TPSA) is 57.0 Å². The standard InChI is InChI=1S/C5H4Cl3N3O2/c6-5(7,8)1-13-4(12)11-3-9-2-10-11/h2-3H,1H2. The van der Waals surface area contributed by atoms with Crippen LogP contribution in [0.2, 0.25) is 0 Å². The second-order valence-corrected chi connectivity index (χ2v) is 4.53. The lowest BCUT2D eigenvalue weighted by Gasteiger charge is -2.10. The van der Waals surface area contributed by atoms with Gasteiger partial charge in [-0.1, -0.05) is 34.8 Å². The summed E-state index contributed by atoms with van der Waals surface area (Å²) in [6, 6.07) is 0. The average molecular weight is 244 g/mol. The van der Waals surface area contributed by atoms with Crippen molar-refractivity contribution in [2.24, 2.45) is 0 Å². The number of rotatable bonds is 1. The van der Waals surface area contributed by atoms with Gasteiger partial charge in [-0.3, -0.25) is 0 Å². The first-order valence-electron chi connectivity index (χ1n) is 3.07. The quantitative estimate of drug-likeness (QED) is 0.705. The van der Waals surface area contributed by atoms with E-state index in [-0.39, 0.29) is 6.61 Å². The van der Waals surface area contributed by atoms with E-state index in [1.807, 2.05) is 0 Å². The number of carbonyl (C=O) groups is 1. The van der Waals surface area contributed by atoms with Crippen LogP contribution in [0.1, 0.15) is 0 Å². The number of carbonyl (C=O) groups excluding carboxylic acids is 1. The molecule has 5 nitrogen and oxygen atoms in total. The van der Waals surface area contributed by atoms with Gasteiger partial charge in [0.05, 0.1) is 0 Å². The van der Waals surface area contributed by atoms with Crippen molar-refractivity contribution in [3.8, 4) is 0 Å². The highest BCUT2D eigenvalue weighted by Crippen LogP contribution is 2.25. The van der Waals surface area contributed by atoms with Gasteiger partial charge < -0.3 is 4.74 Å². The molecule has 1 aromatic heterocycles. The first kappa shape index (κ1) is 10.6.